The molecule has 0 unspecified atom stereocenters. The normalized spacial score (nSPS) is 17.7. The smallest absolute Gasteiger partial charge is 0.423 e. The Kier molecular flexibility index (Phi) is 8.43. The van der Waals surface area contributed by atoms with Crippen LogP contribution in [0.2, 0.25) is 0 Å². The molecule has 3 amide bonds. The van der Waals surface area contributed by atoms with Gasteiger partial charge in [-0.3, -0.25) is 24.1 Å². The highest BCUT2D eigenvalue weighted by Crippen LogP contribution is 2.40. The first-order chi connectivity index (χ1) is 20.6. The van der Waals surface area contributed by atoms with Crippen molar-refractivity contribution in [2.45, 2.75) is 24.4 Å². The number of hydrogen-bond acceptors (Lipinski definition) is 9. The maximum atomic E-state index is 15.2. The lowest BCUT2D eigenvalue weighted by Crippen LogP contribution is -2.71. The number of carbonyl (C=O) groups is 4. The number of oxazole rings is 1. The molecule has 43 heavy (non-hydrogen) atoms. The van der Waals surface area contributed by atoms with Gasteiger partial charge in [-0.15, -0.1) is 11.8 Å². The van der Waals surface area contributed by atoms with Crippen LogP contribution >= 0.6 is 11.8 Å². The summed E-state index contributed by atoms with van der Waals surface area (Å²) >= 11 is 1.30. The SMILES string of the molecule is CONC(=O)Cc1cn(-c2ccc(-c3cc[n+](CC4=C(C(=O)O)N5C(=O)[C@@H](NC(=O)CO)[C@@H]5SC4)cc3)c(F)c2)c(=O)o1. The number of fused-ring (bicyclic) bond motifs is 1. The molecule has 4 heterocycles. The lowest BCUT2D eigenvalue weighted by molar-refractivity contribution is -0.689. The molecule has 0 spiro atoms. The van der Waals surface area contributed by atoms with Gasteiger partial charge in [0.15, 0.2) is 18.9 Å². The maximum Gasteiger partial charge on any atom is 0.423 e. The molecule has 2 aliphatic heterocycles. The van der Waals surface area contributed by atoms with Crippen molar-refractivity contribution in [2.75, 3.05) is 19.5 Å². The molecule has 224 valence electrons. The molecule has 16 heteroatoms. The van der Waals surface area contributed by atoms with Gasteiger partial charge in [0, 0.05) is 29.0 Å². The predicted octanol–water partition coefficient (Wildman–Crippen LogP) is -0.525. The van der Waals surface area contributed by atoms with Crippen LogP contribution in [-0.4, -0.2) is 74.3 Å². The second-order valence-electron chi connectivity index (χ2n) is 9.53. The number of thioether (sulfide) groups is 1. The number of carbonyl (C=O) groups excluding carboxylic acids is 3. The van der Waals surface area contributed by atoms with Crippen LogP contribution < -0.4 is 21.1 Å². The number of carboxylic acid groups (broad SMARTS) is 1. The highest BCUT2D eigenvalue weighted by Gasteiger charge is 2.54. The number of amides is 3. The summed E-state index contributed by atoms with van der Waals surface area (Å²) in [6.07, 6.45) is 4.34. The maximum absolute atomic E-state index is 15.2. The van der Waals surface area contributed by atoms with E-state index in [-0.39, 0.29) is 35.7 Å². The summed E-state index contributed by atoms with van der Waals surface area (Å²) < 4.78 is 23.0. The fraction of sp³-hybridized carbons (Fsp3) is 0.259. The van der Waals surface area contributed by atoms with Gasteiger partial charge in [-0.05, 0) is 23.8 Å². The van der Waals surface area contributed by atoms with E-state index in [9.17, 15) is 29.1 Å². The molecule has 1 fully saturated rings. The molecule has 2 atom stereocenters. The van der Waals surface area contributed by atoms with E-state index in [2.05, 4.69) is 15.6 Å². The quantitative estimate of drug-likeness (QED) is 0.132. The van der Waals surface area contributed by atoms with Gasteiger partial charge in [-0.25, -0.2) is 28.6 Å². The van der Waals surface area contributed by atoms with Gasteiger partial charge >= 0.3 is 11.7 Å². The fourth-order valence-electron chi connectivity index (χ4n) is 4.83. The number of benzene rings is 1. The first kappa shape index (κ1) is 29.7. The Morgan fingerprint density at radius 2 is 1.93 bits per heavy atom. The molecule has 0 saturated carbocycles. The van der Waals surface area contributed by atoms with Crippen molar-refractivity contribution in [3.8, 4) is 16.8 Å². The number of carboxylic acids is 1. The van der Waals surface area contributed by atoms with E-state index in [0.29, 0.717) is 16.9 Å². The summed E-state index contributed by atoms with van der Waals surface area (Å²) in [5.41, 5.74) is 3.39. The van der Waals surface area contributed by atoms with Crippen LogP contribution in [0.1, 0.15) is 5.76 Å². The molecule has 0 bridgehead atoms. The van der Waals surface area contributed by atoms with E-state index in [1.54, 1.807) is 29.1 Å². The summed E-state index contributed by atoms with van der Waals surface area (Å²) in [4.78, 5) is 65.8. The fourth-order valence-corrected chi connectivity index (χ4v) is 6.16. The number of hydrogen-bond donors (Lipinski definition) is 4. The van der Waals surface area contributed by atoms with Gasteiger partial charge in [0.2, 0.25) is 5.91 Å². The molecule has 0 radical (unpaired) electrons. The Morgan fingerprint density at radius 3 is 2.58 bits per heavy atom. The van der Waals surface area contributed by atoms with Crippen molar-refractivity contribution in [1.82, 2.24) is 20.3 Å². The third-order valence-corrected chi connectivity index (χ3v) is 8.09. The molecule has 5 rings (SSSR count). The molecule has 1 saturated heterocycles. The number of nitrogens with zero attached hydrogens (tertiary/aromatic N) is 3. The molecular formula is C27H25FN5O9S+. The summed E-state index contributed by atoms with van der Waals surface area (Å²) in [5.74, 6) is -4.15. The van der Waals surface area contributed by atoms with E-state index in [0.717, 1.165) is 15.5 Å². The number of rotatable bonds is 10. The van der Waals surface area contributed by atoms with Gasteiger partial charge in [0.05, 0.1) is 25.4 Å². The zero-order chi connectivity index (χ0) is 30.8. The standard InChI is InChI=1S/C27H24FN5O9S/c1-41-30-20(35)9-17-11-32(27(40)42-17)16-2-3-18(19(28)8-16)14-4-6-31(7-5-14)10-15-13-43-25-22(29-21(36)12-34)24(37)33(25)23(15)26(38)39/h2-8,11,22,25,34H,9-10,12-13H2,1H3,(H2-,29,30,35,36,38,39)/p+1/t22-,25+/m1/s1. The van der Waals surface area contributed by atoms with Crippen LogP contribution in [0.25, 0.3) is 16.8 Å². The van der Waals surface area contributed by atoms with Gasteiger partial charge in [-0.2, -0.15) is 0 Å². The van der Waals surface area contributed by atoms with E-state index in [1.165, 1.54) is 37.2 Å². The van der Waals surface area contributed by atoms with Crippen molar-refractivity contribution >= 4 is 35.5 Å². The average Bonchev–Trinajstić information content (AvgIpc) is 3.35. The first-order valence-electron chi connectivity index (χ1n) is 12.7. The van der Waals surface area contributed by atoms with Crippen molar-refractivity contribution in [3.63, 3.8) is 0 Å². The summed E-state index contributed by atoms with van der Waals surface area (Å²) in [7, 11) is 1.27. The monoisotopic (exact) mass is 614 g/mol. The van der Waals surface area contributed by atoms with Gasteiger partial charge in [0.25, 0.3) is 11.8 Å². The van der Waals surface area contributed by atoms with Crippen LogP contribution in [0.15, 0.2) is 69.4 Å². The molecule has 3 aromatic rings. The highest BCUT2D eigenvalue weighted by molar-refractivity contribution is 8.00. The Bertz CT molecular complexity index is 1700. The average molecular weight is 615 g/mol. The van der Waals surface area contributed by atoms with Crippen molar-refractivity contribution in [3.05, 3.63) is 82.3 Å². The molecule has 1 aromatic carbocycles. The van der Waals surface area contributed by atoms with Gasteiger partial charge < -0.3 is 19.9 Å². The first-order valence-corrected chi connectivity index (χ1v) is 13.8. The van der Waals surface area contributed by atoms with E-state index >= 15 is 4.39 Å². The zero-order valence-electron chi connectivity index (χ0n) is 22.5. The third-order valence-electron chi connectivity index (χ3n) is 6.76. The van der Waals surface area contributed by atoms with E-state index in [4.69, 9.17) is 9.52 Å². The number of hydroxylamine groups is 1. The number of halogens is 1. The summed E-state index contributed by atoms with van der Waals surface area (Å²) in [5, 5.41) is 20.6. The minimum Gasteiger partial charge on any atom is -0.477 e. The zero-order valence-corrected chi connectivity index (χ0v) is 23.3. The largest absolute Gasteiger partial charge is 0.477 e. The van der Waals surface area contributed by atoms with Crippen LogP contribution in [0.5, 0.6) is 0 Å². The molecule has 4 N–H and O–H groups in total. The summed E-state index contributed by atoms with van der Waals surface area (Å²) in [6, 6.07) is 6.55. The van der Waals surface area contributed by atoms with Crippen molar-refractivity contribution in [1.29, 1.82) is 0 Å². The molecular weight excluding hydrogens is 589 g/mol. The van der Waals surface area contributed by atoms with E-state index < -0.39 is 53.3 Å². The van der Waals surface area contributed by atoms with Gasteiger partial charge in [-0.1, -0.05) is 0 Å². The number of pyridine rings is 1. The molecule has 0 aliphatic carbocycles. The molecule has 2 aromatic heterocycles. The lowest BCUT2D eigenvalue weighted by Gasteiger charge is -2.49. The van der Waals surface area contributed by atoms with Crippen molar-refractivity contribution < 1.29 is 47.6 Å². The number of β-lactam (4-membered cyclic amide) rings is 1. The Morgan fingerprint density at radius 1 is 1.19 bits per heavy atom. The second-order valence-corrected chi connectivity index (χ2v) is 10.6. The number of aromatic nitrogens is 2. The third kappa shape index (κ3) is 5.93. The molecule has 2 aliphatic rings. The minimum atomic E-state index is -1.28. The Hall–Kier alpha value is -4.80. The number of aliphatic carboxylic acids is 1. The van der Waals surface area contributed by atoms with Crippen LogP contribution in [0.3, 0.4) is 0 Å². The van der Waals surface area contributed by atoms with Crippen molar-refractivity contribution in [2.24, 2.45) is 0 Å². The second kappa shape index (κ2) is 12.2. The topological polar surface area (TPSA) is 184 Å². The van der Waals surface area contributed by atoms with E-state index in [1.807, 2.05) is 0 Å². The minimum absolute atomic E-state index is 0.0662. The number of nitrogens with one attached hydrogen (secondary N) is 2. The summed E-state index contributed by atoms with van der Waals surface area (Å²) in [6.45, 7) is -0.633. The van der Waals surface area contributed by atoms with Gasteiger partial charge in [0.1, 0.15) is 35.3 Å². The Balaban J connectivity index is 1.31. The number of aliphatic hydroxyl groups excluding tert-OH is 1. The lowest BCUT2D eigenvalue weighted by atomic mass is 10.0. The Labute approximate surface area is 246 Å². The molecule has 14 nitrogen and oxygen atoms in total. The predicted molar refractivity (Wildman–Crippen MR) is 146 cm³/mol. The van der Waals surface area contributed by atoms with Crippen LogP contribution in [-0.2, 0) is 37.0 Å². The number of aliphatic hydroxyl groups is 1. The van der Waals surface area contributed by atoms with Crippen LogP contribution in [0.4, 0.5) is 4.39 Å². The van der Waals surface area contributed by atoms with Crippen LogP contribution in [0, 0.1) is 5.82 Å². The highest BCUT2D eigenvalue weighted by atomic mass is 32.2.